The smallest absolute Gasteiger partial charge is 0.457 e. The average Bonchev–Trinajstić information content (AvgIpc) is 3.24. The second-order valence-corrected chi connectivity index (χ2v) is 17.9. The van der Waals surface area contributed by atoms with Gasteiger partial charge < -0.3 is 24.6 Å². The molecule has 10 heteroatoms. The lowest BCUT2D eigenvalue weighted by Gasteiger charge is -2.20. The van der Waals surface area contributed by atoms with Crippen LogP contribution in [0, 0.1) is 0 Å². The summed E-state index contributed by atoms with van der Waals surface area (Å²) >= 11 is 0. The van der Waals surface area contributed by atoms with E-state index in [1.165, 1.54) is 135 Å². The molecule has 0 saturated carbocycles. The average molecular weight is 869 g/mol. The van der Waals surface area contributed by atoms with Crippen molar-refractivity contribution in [1.29, 1.82) is 0 Å². The van der Waals surface area contributed by atoms with Crippen LogP contribution in [0.2, 0.25) is 0 Å². The summed E-state index contributed by atoms with van der Waals surface area (Å²) in [5.41, 5.74) is 0. The van der Waals surface area contributed by atoms with E-state index in [9.17, 15) is 19.4 Å². The highest BCUT2D eigenvalue weighted by atomic mass is 31.2. The van der Waals surface area contributed by atoms with Crippen LogP contribution in [0.3, 0.4) is 0 Å². The monoisotopic (exact) mass is 869 g/mol. The van der Waals surface area contributed by atoms with Crippen molar-refractivity contribution in [3.63, 3.8) is 0 Å². The van der Waals surface area contributed by atoms with Crippen molar-refractivity contribution in [3.8, 4) is 0 Å². The van der Waals surface area contributed by atoms with Gasteiger partial charge in [-0.25, -0.2) is 4.57 Å². The van der Waals surface area contributed by atoms with Crippen molar-refractivity contribution in [2.24, 2.45) is 0 Å². The summed E-state index contributed by atoms with van der Waals surface area (Å²) in [5.74, 6) is -0.387. The van der Waals surface area contributed by atoms with Crippen LogP contribution in [0.25, 0.3) is 0 Å². The molecule has 3 unspecified atom stereocenters. The van der Waals surface area contributed by atoms with Gasteiger partial charge in [-0.2, -0.15) is 0 Å². The molecule has 0 heterocycles. The number of aliphatic hydroxyl groups excluding tert-OH is 2. The summed E-state index contributed by atoms with van der Waals surface area (Å²) in [7, 11) is -4.52. The van der Waals surface area contributed by atoms with E-state index in [1.54, 1.807) is 0 Å². The van der Waals surface area contributed by atoms with Gasteiger partial charge in [0.25, 0.3) is 0 Å². The number of unbranched alkanes of at least 4 members (excludes halogenated alkanes) is 25. The summed E-state index contributed by atoms with van der Waals surface area (Å²) < 4.78 is 33.5. The predicted molar refractivity (Wildman–Crippen MR) is 251 cm³/mol. The molecular weight excluding hydrogens is 776 g/mol. The topological polar surface area (TPSA) is 132 Å². The molecule has 0 rings (SSSR count). The molecule has 60 heavy (non-hydrogen) atoms. The van der Waals surface area contributed by atoms with Crippen molar-refractivity contribution in [3.05, 3.63) is 48.6 Å². The van der Waals surface area contributed by atoms with Gasteiger partial charge in [0.1, 0.15) is 12.2 Å². The summed E-state index contributed by atoms with van der Waals surface area (Å²) in [6, 6.07) is 0. The SMILES string of the molecule is CCCCC/C=C\C/C=C\CCCCCCCCCCCCOCC(COP(=O)(O)OCC(O)CO)OC(=O)CCCCCCCCCCC/C=C\C/C=C\CCCCC. The maximum absolute atomic E-state index is 12.7. The van der Waals surface area contributed by atoms with Crippen molar-refractivity contribution in [2.75, 3.05) is 33.0 Å². The Balaban J connectivity index is 4.11. The normalized spacial score (nSPS) is 14.3. The lowest BCUT2D eigenvalue weighted by Crippen LogP contribution is -2.29. The zero-order chi connectivity index (χ0) is 43.9. The fourth-order valence-electron chi connectivity index (χ4n) is 6.71. The Hall–Kier alpha value is -1.58. The Morgan fingerprint density at radius 3 is 1.33 bits per heavy atom. The number of phosphoric acid groups is 1. The van der Waals surface area contributed by atoms with Crippen LogP contribution in [-0.2, 0) is 27.9 Å². The highest BCUT2D eigenvalue weighted by molar-refractivity contribution is 7.47. The van der Waals surface area contributed by atoms with Crippen molar-refractivity contribution < 1.29 is 43.0 Å². The highest BCUT2D eigenvalue weighted by Crippen LogP contribution is 2.43. The summed E-state index contributed by atoms with van der Waals surface area (Å²) in [6.07, 6.45) is 53.5. The van der Waals surface area contributed by atoms with E-state index in [-0.39, 0.29) is 25.6 Å². The first-order valence-corrected chi connectivity index (χ1v) is 26.1. The number of ether oxygens (including phenoxy) is 2. The fraction of sp³-hybridized carbons (Fsp3) is 0.820. The van der Waals surface area contributed by atoms with E-state index in [0.717, 1.165) is 64.2 Å². The molecule has 9 nitrogen and oxygen atoms in total. The van der Waals surface area contributed by atoms with E-state index in [1.807, 2.05) is 0 Å². The Kier molecular flexibility index (Phi) is 45.7. The van der Waals surface area contributed by atoms with E-state index < -0.39 is 33.2 Å². The van der Waals surface area contributed by atoms with E-state index in [0.29, 0.717) is 6.61 Å². The van der Waals surface area contributed by atoms with Crippen LogP contribution in [0.5, 0.6) is 0 Å². The molecule has 0 aliphatic carbocycles. The largest absolute Gasteiger partial charge is 0.472 e. The molecule has 0 radical (unpaired) electrons. The molecule has 0 aromatic heterocycles. The summed E-state index contributed by atoms with van der Waals surface area (Å²) in [4.78, 5) is 22.7. The molecular formula is C50H93O9P. The number of esters is 1. The molecule has 0 aromatic carbocycles. The van der Waals surface area contributed by atoms with Gasteiger partial charge in [0.05, 0.1) is 26.4 Å². The number of phosphoric ester groups is 1. The van der Waals surface area contributed by atoms with Gasteiger partial charge in [-0.1, -0.05) is 184 Å². The lowest BCUT2D eigenvalue weighted by molar-refractivity contribution is -0.154. The minimum absolute atomic E-state index is 0.0454. The second kappa shape index (κ2) is 46.9. The summed E-state index contributed by atoms with van der Waals surface area (Å²) in [6.45, 7) is 3.48. The molecule has 0 aromatic rings. The molecule has 0 spiro atoms. The van der Waals surface area contributed by atoms with Gasteiger partial charge in [0, 0.05) is 13.0 Å². The molecule has 0 saturated heterocycles. The standard InChI is InChI=1S/C50H93O9P/c1-3-5-7-9-11-13-15-17-19-21-23-25-27-29-31-33-35-37-39-41-43-56-46-49(47-58-60(54,55)57-45-48(52)44-51)59-50(53)42-40-38-36-34-32-30-28-26-24-22-20-18-16-14-12-10-8-6-4-2/h11-14,17-20,48-49,51-52H,3-10,15-16,21-47H2,1-2H3,(H,54,55)/b13-11-,14-12-,19-17-,20-18-. The van der Waals surface area contributed by atoms with Gasteiger partial charge in [0.2, 0.25) is 0 Å². The molecule has 352 valence electrons. The zero-order valence-corrected chi connectivity index (χ0v) is 39.6. The van der Waals surface area contributed by atoms with Gasteiger partial charge >= 0.3 is 13.8 Å². The third kappa shape index (κ3) is 45.9. The number of carbonyl (C=O) groups excluding carboxylic acids is 1. The number of carbonyl (C=O) groups is 1. The number of rotatable bonds is 47. The molecule has 3 N–H and O–H groups in total. The second-order valence-electron chi connectivity index (χ2n) is 16.5. The molecule has 0 amide bonds. The van der Waals surface area contributed by atoms with Gasteiger partial charge in [-0.05, 0) is 77.0 Å². The van der Waals surface area contributed by atoms with Gasteiger partial charge in [-0.15, -0.1) is 0 Å². The maximum Gasteiger partial charge on any atom is 0.472 e. The first-order chi connectivity index (χ1) is 29.3. The minimum atomic E-state index is -4.52. The zero-order valence-electron chi connectivity index (χ0n) is 38.7. The van der Waals surface area contributed by atoms with Crippen LogP contribution in [0.1, 0.15) is 219 Å². The number of hydrogen-bond acceptors (Lipinski definition) is 8. The number of hydrogen-bond donors (Lipinski definition) is 3. The van der Waals surface area contributed by atoms with E-state index in [2.05, 4.69) is 62.5 Å². The molecule has 0 bridgehead atoms. The van der Waals surface area contributed by atoms with Crippen LogP contribution >= 0.6 is 7.82 Å². The third-order valence-corrected chi connectivity index (χ3v) is 11.4. The Bertz CT molecular complexity index is 1080. The first-order valence-electron chi connectivity index (χ1n) is 24.6. The van der Waals surface area contributed by atoms with Crippen molar-refractivity contribution >= 4 is 13.8 Å². The fourth-order valence-corrected chi connectivity index (χ4v) is 7.50. The Morgan fingerprint density at radius 2 is 0.900 bits per heavy atom. The van der Waals surface area contributed by atoms with Crippen LogP contribution < -0.4 is 0 Å². The lowest BCUT2D eigenvalue weighted by atomic mass is 10.1. The molecule has 0 aliphatic heterocycles. The minimum Gasteiger partial charge on any atom is -0.457 e. The maximum atomic E-state index is 12.7. The number of aliphatic hydroxyl groups is 2. The van der Waals surface area contributed by atoms with E-state index >= 15 is 0 Å². The first kappa shape index (κ1) is 58.4. The van der Waals surface area contributed by atoms with Gasteiger partial charge in [0.15, 0.2) is 0 Å². The molecule has 0 fully saturated rings. The van der Waals surface area contributed by atoms with Crippen LogP contribution in [-0.4, -0.2) is 66.3 Å². The van der Waals surface area contributed by atoms with Crippen molar-refractivity contribution in [2.45, 2.75) is 232 Å². The number of allylic oxidation sites excluding steroid dienone is 8. The Labute approximate surface area is 368 Å². The quantitative estimate of drug-likeness (QED) is 0.0237. The van der Waals surface area contributed by atoms with Crippen LogP contribution in [0.15, 0.2) is 48.6 Å². The molecule has 0 aliphatic rings. The Morgan fingerprint density at radius 1 is 0.517 bits per heavy atom. The van der Waals surface area contributed by atoms with Gasteiger partial charge in [-0.3, -0.25) is 13.8 Å². The van der Waals surface area contributed by atoms with E-state index in [4.69, 9.17) is 23.6 Å². The molecule has 3 atom stereocenters. The third-order valence-electron chi connectivity index (χ3n) is 10.5. The highest BCUT2D eigenvalue weighted by Gasteiger charge is 2.26. The summed E-state index contributed by atoms with van der Waals surface area (Å²) in [5, 5.41) is 18.4. The van der Waals surface area contributed by atoms with Crippen molar-refractivity contribution in [1.82, 2.24) is 0 Å². The predicted octanol–water partition coefficient (Wildman–Crippen LogP) is 14.1. The van der Waals surface area contributed by atoms with Crippen LogP contribution in [0.4, 0.5) is 0 Å².